The molecule has 2 N–H and O–H groups in total. The maximum absolute atomic E-state index is 12.5. The first-order chi connectivity index (χ1) is 10.8. The summed E-state index contributed by atoms with van der Waals surface area (Å²) in [6.45, 7) is 4.09. The largest absolute Gasteiger partial charge is 0.437 e. The third-order valence-corrected chi connectivity index (χ3v) is 4.54. The number of Topliss-reactive ketones (excluding diaryl/α,β-unsaturated/α-hetero) is 1. The summed E-state index contributed by atoms with van der Waals surface area (Å²) < 4.78 is 5.51. The zero-order valence-corrected chi connectivity index (χ0v) is 13.8. The Bertz CT molecular complexity index is 782. The molecule has 0 amide bonds. The second-order valence-electron chi connectivity index (χ2n) is 6.77. The number of hydrogen-bond donors (Lipinski definition) is 1. The first-order valence-corrected chi connectivity index (χ1v) is 7.79. The monoisotopic (exact) mass is 328 g/mol. The minimum Gasteiger partial charge on any atom is -0.437 e. The predicted octanol–water partition coefficient (Wildman–Crippen LogP) is 3.79. The summed E-state index contributed by atoms with van der Waals surface area (Å²) in [6, 6.07) is 9.41. The summed E-state index contributed by atoms with van der Waals surface area (Å²) in [5.74, 6) is -0.0975. The molecule has 1 atom stereocenters. The zero-order valence-electron chi connectivity index (χ0n) is 13.0. The highest BCUT2D eigenvalue weighted by molar-refractivity contribution is 6.30. The lowest BCUT2D eigenvalue weighted by Gasteiger charge is -2.37. The van der Waals surface area contributed by atoms with Crippen LogP contribution in [-0.2, 0) is 9.53 Å². The SMILES string of the molecule is CC1(C)CC(=O)C2=C(C1)C(c1ccc(Cl)cc1)C(C#N)=C(N)O2. The summed E-state index contributed by atoms with van der Waals surface area (Å²) in [5, 5.41) is 10.1. The van der Waals surface area contributed by atoms with Crippen LogP contribution < -0.4 is 5.73 Å². The Labute approximate surface area is 140 Å². The number of hydrogen-bond acceptors (Lipinski definition) is 4. The van der Waals surface area contributed by atoms with Crippen molar-refractivity contribution in [2.45, 2.75) is 32.6 Å². The molecular weight excluding hydrogens is 312 g/mol. The lowest BCUT2D eigenvalue weighted by atomic mass is 9.69. The van der Waals surface area contributed by atoms with Gasteiger partial charge in [0, 0.05) is 17.4 Å². The van der Waals surface area contributed by atoms with Crippen molar-refractivity contribution in [3.63, 3.8) is 0 Å². The van der Waals surface area contributed by atoms with E-state index in [4.69, 9.17) is 22.1 Å². The second kappa shape index (κ2) is 5.43. The van der Waals surface area contributed by atoms with Crippen LogP contribution in [0.3, 0.4) is 0 Å². The smallest absolute Gasteiger partial charge is 0.205 e. The lowest BCUT2D eigenvalue weighted by molar-refractivity contribution is -0.121. The van der Waals surface area contributed by atoms with Crippen molar-refractivity contribution in [1.29, 1.82) is 5.26 Å². The highest BCUT2D eigenvalue weighted by Gasteiger charge is 2.42. The van der Waals surface area contributed by atoms with Gasteiger partial charge in [0.2, 0.25) is 5.88 Å². The van der Waals surface area contributed by atoms with Crippen molar-refractivity contribution in [3.8, 4) is 6.07 Å². The summed E-state index contributed by atoms with van der Waals surface area (Å²) in [7, 11) is 0. The number of allylic oxidation sites excluding steroid dienone is 3. The Hall–Kier alpha value is -2.25. The average Bonchev–Trinajstić information content (AvgIpc) is 2.47. The van der Waals surface area contributed by atoms with Crippen molar-refractivity contribution in [2.75, 3.05) is 0 Å². The fraction of sp³-hybridized carbons (Fsp3) is 0.333. The maximum atomic E-state index is 12.5. The van der Waals surface area contributed by atoms with Gasteiger partial charge in [-0.05, 0) is 35.1 Å². The van der Waals surface area contributed by atoms with Gasteiger partial charge in [0.1, 0.15) is 11.6 Å². The van der Waals surface area contributed by atoms with Crippen LogP contribution >= 0.6 is 11.6 Å². The first-order valence-electron chi connectivity index (χ1n) is 7.42. The first kappa shape index (κ1) is 15.6. The van der Waals surface area contributed by atoms with Crippen molar-refractivity contribution >= 4 is 17.4 Å². The molecule has 5 heteroatoms. The van der Waals surface area contributed by atoms with Crippen molar-refractivity contribution in [3.05, 3.63) is 57.6 Å². The molecule has 2 aliphatic rings. The van der Waals surface area contributed by atoms with Crippen LogP contribution in [0.2, 0.25) is 5.02 Å². The van der Waals surface area contributed by atoms with Crippen molar-refractivity contribution < 1.29 is 9.53 Å². The molecule has 0 radical (unpaired) electrons. The van der Waals surface area contributed by atoms with E-state index >= 15 is 0 Å². The van der Waals surface area contributed by atoms with E-state index < -0.39 is 0 Å². The number of nitriles is 1. The van der Waals surface area contributed by atoms with Crippen LogP contribution in [0.15, 0.2) is 47.1 Å². The topological polar surface area (TPSA) is 76.1 Å². The molecule has 0 saturated heterocycles. The van der Waals surface area contributed by atoms with E-state index in [-0.39, 0.29) is 23.0 Å². The van der Waals surface area contributed by atoms with Gasteiger partial charge >= 0.3 is 0 Å². The second-order valence-corrected chi connectivity index (χ2v) is 7.21. The third-order valence-electron chi connectivity index (χ3n) is 4.29. The Balaban J connectivity index is 2.18. The number of rotatable bonds is 1. The lowest BCUT2D eigenvalue weighted by Crippen LogP contribution is -2.33. The number of ketones is 1. The molecule has 0 saturated carbocycles. The Morgan fingerprint density at radius 3 is 2.57 bits per heavy atom. The van der Waals surface area contributed by atoms with Crippen LogP contribution in [0.4, 0.5) is 0 Å². The fourth-order valence-electron chi connectivity index (χ4n) is 3.33. The predicted molar refractivity (Wildman–Crippen MR) is 87.2 cm³/mol. The number of benzene rings is 1. The Morgan fingerprint density at radius 2 is 1.96 bits per heavy atom. The molecule has 0 fully saturated rings. The van der Waals surface area contributed by atoms with E-state index in [2.05, 4.69) is 6.07 Å². The van der Waals surface area contributed by atoms with Crippen LogP contribution in [0.25, 0.3) is 0 Å². The van der Waals surface area contributed by atoms with E-state index in [1.807, 2.05) is 26.0 Å². The average molecular weight is 329 g/mol. The molecule has 4 nitrogen and oxygen atoms in total. The van der Waals surface area contributed by atoms with Crippen LogP contribution in [-0.4, -0.2) is 5.78 Å². The number of nitrogens with zero attached hydrogens (tertiary/aromatic N) is 1. The summed E-state index contributed by atoms with van der Waals surface area (Å²) >= 11 is 5.96. The number of halogens is 1. The summed E-state index contributed by atoms with van der Waals surface area (Å²) in [6.07, 6.45) is 1.09. The standard InChI is InChI=1S/C18H17ClN2O2/c1-18(2)7-12-15(10-3-5-11(19)6-4-10)13(9-20)17(21)23-16(12)14(22)8-18/h3-6,15H,7-8,21H2,1-2H3. The summed E-state index contributed by atoms with van der Waals surface area (Å²) in [4.78, 5) is 12.5. The molecule has 1 aromatic rings. The van der Waals surface area contributed by atoms with Gasteiger partial charge in [-0.2, -0.15) is 5.26 Å². The highest BCUT2D eigenvalue weighted by atomic mass is 35.5. The molecule has 1 heterocycles. The molecule has 23 heavy (non-hydrogen) atoms. The molecular formula is C18H17ClN2O2. The van der Waals surface area contributed by atoms with E-state index in [0.29, 0.717) is 29.2 Å². The number of carbonyl (C=O) groups is 1. The Kier molecular flexibility index (Phi) is 3.69. The molecule has 3 rings (SSSR count). The highest BCUT2D eigenvalue weighted by Crippen LogP contribution is 2.48. The van der Waals surface area contributed by atoms with E-state index in [0.717, 1.165) is 11.1 Å². The van der Waals surface area contributed by atoms with Crippen molar-refractivity contribution in [1.82, 2.24) is 0 Å². The van der Waals surface area contributed by atoms with E-state index in [1.165, 1.54) is 0 Å². The van der Waals surface area contributed by atoms with Gasteiger partial charge in [-0.25, -0.2) is 0 Å². The normalized spacial score (nSPS) is 23.2. The molecule has 0 spiro atoms. The zero-order chi connectivity index (χ0) is 16.8. The van der Waals surface area contributed by atoms with Gasteiger partial charge in [0.25, 0.3) is 0 Å². The van der Waals surface area contributed by atoms with Gasteiger partial charge in [0.05, 0.1) is 0 Å². The number of nitrogens with two attached hydrogens (primary N) is 1. The quantitative estimate of drug-likeness (QED) is 0.850. The van der Waals surface area contributed by atoms with Crippen molar-refractivity contribution in [2.24, 2.45) is 11.1 Å². The maximum Gasteiger partial charge on any atom is 0.205 e. The third kappa shape index (κ3) is 2.73. The summed E-state index contributed by atoms with van der Waals surface area (Å²) in [5.41, 5.74) is 7.80. The number of ether oxygens (including phenoxy) is 1. The van der Waals surface area contributed by atoms with Crippen LogP contribution in [0, 0.1) is 16.7 Å². The van der Waals surface area contributed by atoms with Gasteiger partial charge < -0.3 is 10.5 Å². The molecule has 1 unspecified atom stereocenters. The van der Waals surface area contributed by atoms with Gasteiger partial charge in [-0.1, -0.05) is 37.6 Å². The molecule has 118 valence electrons. The Morgan fingerprint density at radius 1 is 1.30 bits per heavy atom. The minimum absolute atomic E-state index is 0.0132. The van der Waals surface area contributed by atoms with E-state index in [9.17, 15) is 10.1 Å². The molecule has 0 aromatic heterocycles. The molecule has 1 aromatic carbocycles. The molecule has 1 aliphatic carbocycles. The fourth-order valence-corrected chi connectivity index (χ4v) is 3.46. The molecule has 1 aliphatic heterocycles. The van der Waals surface area contributed by atoms with Gasteiger partial charge in [0.15, 0.2) is 11.5 Å². The van der Waals surface area contributed by atoms with Gasteiger partial charge in [-0.15, -0.1) is 0 Å². The number of carbonyl (C=O) groups excluding carboxylic acids is 1. The van der Waals surface area contributed by atoms with Crippen LogP contribution in [0.5, 0.6) is 0 Å². The van der Waals surface area contributed by atoms with Gasteiger partial charge in [-0.3, -0.25) is 4.79 Å². The van der Waals surface area contributed by atoms with Crippen LogP contribution in [0.1, 0.15) is 38.2 Å². The minimum atomic E-state index is -0.357. The molecule has 0 bridgehead atoms. The van der Waals surface area contributed by atoms with E-state index in [1.54, 1.807) is 12.1 Å².